The SMILES string of the molecule is CCC(CNC(=O)OC(C)(C)C)(Cc1cccnc1)C(=O)O. The average Bonchev–Trinajstić information content (AvgIpc) is 2.42. The molecule has 1 rings (SSSR count). The minimum atomic E-state index is -1.08. The van der Waals surface area contributed by atoms with E-state index in [1.165, 1.54) is 0 Å². The third kappa shape index (κ3) is 5.35. The Hall–Kier alpha value is -2.11. The Morgan fingerprint density at radius 2 is 2.05 bits per heavy atom. The predicted molar refractivity (Wildman–Crippen MR) is 82.5 cm³/mol. The second kappa shape index (κ2) is 7.24. The largest absolute Gasteiger partial charge is 0.481 e. The Kier molecular flexibility index (Phi) is 5.91. The maximum Gasteiger partial charge on any atom is 0.407 e. The van der Waals surface area contributed by atoms with Gasteiger partial charge in [0, 0.05) is 18.9 Å². The van der Waals surface area contributed by atoms with Gasteiger partial charge in [0.05, 0.1) is 5.41 Å². The Morgan fingerprint density at radius 3 is 2.50 bits per heavy atom. The van der Waals surface area contributed by atoms with Crippen LogP contribution in [0.3, 0.4) is 0 Å². The van der Waals surface area contributed by atoms with Gasteiger partial charge >= 0.3 is 12.1 Å². The number of carbonyl (C=O) groups is 2. The molecule has 0 aliphatic carbocycles. The van der Waals surface area contributed by atoms with E-state index in [-0.39, 0.29) is 6.54 Å². The number of carboxylic acid groups (broad SMARTS) is 1. The van der Waals surface area contributed by atoms with Gasteiger partial charge in [0.25, 0.3) is 0 Å². The molecule has 2 N–H and O–H groups in total. The summed E-state index contributed by atoms with van der Waals surface area (Å²) in [4.78, 5) is 27.5. The smallest absolute Gasteiger partial charge is 0.407 e. The van der Waals surface area contributed by atoms with Gasteiger partial charge in [-0.25, -0.2) is 4.79 Å². The van der Waals surface area contributed by atoms with E-state index in [1.807, 2.05) is 6.07 Å². The zero-order chi connectivity index (χ0) is 16.8. The number of carbonyl (C=O) groups excluding carboxylic acids is 1. The molecule has 122 valence electrons. The van der Waals surface area contributed by atoms with Crippen LogP contribution >= 0.6 is 0 Å². The van der Waals surface area contributed by atoms with Crippen molar-refractivity contribution in [3.8, 4) is 0 Å². The number of carboxylic acids is 1. The first-order chi connectivity index (χ1) is 10.2. The molecule has 1 heterocycles. The van der Waals surface area contributed by atoms with Gasteiger partial charge in [0.1, 0.15) is 5.60 Å². The van der Waals surface area contributed by atoms with Crippen molar-refractivity contribution in [3.63, 3.8) is 0 Å². The van der Waals surface area contributed by atoms with Crippen LogP contribution in [0.1, 0.15) is 39.7 Å². The van der Waals surface area contributed by atoms with Gasteiger partial charge in [0.15, 0.2) is 0 Å². The lowest BCUT2D eigenvalue weighted by atomic mass is 9.79. The van der Waals surface area contributed by atoms with Gasteiger partial charge in [-0.15, -0.1) is 0 Å². The van der Waals surface area contributed by atoms with Crippen LogP contribution in [-0.2, 0) is 16.0 Å². The fourth-order valence-corrected chi connectivity index (χ4v) is 2.06. The number of hydrogen-bond acceptors (Lipinski definition) is 4. The average molecular weight is 308 g/mol. The van der Waals surface area contributed by atoms with Crippen LogP contribution in [0.25, 0.3) is 0 Å². The maximum absolute atomic E-state index is 11.8. The number of hydrogen-bond donors (Lipinski definition) is 2. The number of pyridine rings is 1. The molecule has 1 atom stereocenters. The predicted octanol–water partition coefficient (Wildman–Crippen LogP) is 2.63. The van der Waals surface area contributed by atoms with Crippen molar-refractivity contribution in [1.82, 2.24) is 10.3 Å². The Balaban J connectivity index is 2.80. The van der Waals surface area contributed by atoms with Crippen LogP contribution in [0.2, 0.25) is 0 Å². The summed E-state index contributed by atoms with van der Waals surface area (Å²) in [6, 6.07) is 3.59. The van der Waals surface area contributed by atoms with Gasteiger partial charge in [0.2, 0.25) is 0 Å². The van der Waals surface area contributed by atoms with E-state index in [0.717, 1.165) is 5.56 Å². The van der Waals surface area contributed by atoms with Crippen molar-refractivity contribution in [1.29, 1.82) is 0 Å². The Labute approximate surface area is 130 Å². The van der Waals surface area contributed by atoms with Crippen molar-refractivity contribution in [2.75, 3.05) is 6.54 Å². The standard InChI is InChI=1S/C16H24N2O4/c1-5-16(13(19)20,9-12-7-6-8-17-10-12)11-18-14(21)22-15(2,3)4/h6-8,10H,5,9,11H2,1-4H3,(H,18,21)(H,19,20). The van der Waals surface area contributed by atoms with Crippen LogP contribution in [0, 0.1) is 5.41 Å². The van der Waals surface area contributed by atoms with Crippen molar-refractivity contribution in [2.24, 2.45) is 5.41 Å². The van der Waals surface area contributed by atoms with Crippen molar-refractivity contribution in [2.45, 2.75) is 46.1 Å². The van der Waals surface area contributed by atoms with E-state index in [1.54, 1.807) is 46.2 Å². The minimum absolute atomic E-state index is 0.00262. The molecule has 6 heteroatoms. The van der Waals surface area contributed by atoms with E-state index in [0.29, 0.717) is 12.8 Å². The van der Waals surface area contributed by atoms with E-state index in [9.17, 15) is 14.7 Å². The molecule has 1 aromatic rings. The Bertz CT molecular complexity index is 511. The monoisotopic (exact) mass is 308 g/mol. The molecule has 0 radical (unpaired) electrons. The molecular weight excluding hydrogens is 284 g/mol. The number of alkyl carbamates (subject to hydrolysis) is 1. The van der Waals surface area contributed by atoms with Gasteiger partial charge < -0.3 is 15.2 Å². The molecule has 0 spiro atoms. The highest BCUT2D eigenvalue weighted by Crippen LogP contribution is 2.27. The number of nitrogens with zero attached hydrogens (tertiary/aromatic N) is 1. The van der Waals surface area contributed by atoms with E-state index < -0.39 is 23.1 Å². The molecule has 22 heavy (non-hydrogen) atoms. The van der Waals surface area contributed by atoms with Crippen LogP contribution in [-0.4, -0.2) is 34.3 Å². The van der Waals surface area contributed by atoms with E-state index >= 15 is 0 Å². The van der Waals surface area contributed by atoms with Crippen LogP contribution in [0.4, 0.5) is 4.79 Å². The normalized spacial score (nSPS) is 14.0. The number of rotatable bonds is 6. The lowest BCUT2D eigenvalue weighted by molar-refractivity contribution is -0.148. The quantitative estimate of drug-likeness (QED) is 0.843. The number of amides is 1. The summed E-state index contributed by atoms with van der Waals surface area (Å²) in [6.07, 6.45) is 3.34. The second-order valence-corrected chi connectivity index (χ2v) is 6.33. The summed E-state index contributed by atoms with van der Waals surface area (Å²) in [6.45, 7) is 7.06. The molecule has 0 bridgehead atoms. The molecule has 1 amide bonds. The summed E-state index contributed by atoms with van der Waals surface area (Å²) in [5, 5.41) is 12.2. The fourth-order valence-electron chi connectivity index (χ4n) is 2.06. The number of aliphatic carboxylic acids is 1. The summed E-state index contributed by atoms with van der Waals surface area (Å²) >= 11 is 0. The first-order valence-electron chi connectivity index (χ1n) is 7.28. The number of aromatic nitrogens is 1. The molecule has 1 aromatic heterocycles. The van der Waals surface area contributed by atoms with Crippen molar-refractivity contribution >= 4 is 12.1 Å². The lowest BCUT2D eigenvalue weighted by Gasteiger charge is -2.29. The molecule has 0 aromatic carbocycles. The maximum atomic E-state index is 11.8. The van der Waals surface area contributed by atoms with Gasteiger partial charge in [-0.05, 0) is 45.2 Å². The van der Waals surface area contributed by atoms with Gasteiger partial charge in [-0.1, -0.05) is 13.0 Å². The summed E-state index contributed by atoms with van der Waals surface area (Å²) in [5.41, 5.74) is -0.886. The molecule has 0 aliphatic heterocycles. The number of ether oxygens (including phenoxy) is 1. The molecule has 1 unspecified atom stereocenters. The molecule has 0 aliphatic rings. The zero-order valence-electron chi connectivity index (χ0n) is 13.5. The Morgan fingerprint density at radius 1 is 1.36 bits per heavy atom. The van der Waals surface area contributed by atoms with E-state index in [2.05, 4.69) is 10.3 Å². The topological polar surface area (TPSA) is 88.5 Å². The number of nitrogens with one attached hydrogen (secondary N) is 1. The summed E-state index contributed by atoms with van der Waals surface area (Å²) in [7, 11) is 0. The third-order valence-electron chi connectivity index (χ3n) is 3.37. The molecule has 0 saturated carbocycles. The second-order valence-electron chi connectivity index (χ2n) is 6.33. The molecule has 0 fully saturated rings. The molecule has 0 saturated heterocycles. The van der Waals surface area contributed by atoms with Gasteiger partial charge in [-0.3, -0.25) is 9.78 Å². The van der Waals surface area contributed by atoms with Crippen LogP contribution in [0.5, 0.6) is 0 Å². The molecule has 6 nitrogen and oxygen atoms in total. The molecular formula is C16H24N2O4. The zero-order valence-corrected chi connectivity index (χ0v) is 13.5. The van der Waals surface area contributed by atoms with Crippen LogP contribution < -0.4 is 5.32 Å². The summed E-state index contributed by atoms with van der Waals surface area (Å²) < 4.78 is 5.15. The van der Waals surface area contributed by atoms with Crippen molar-refractivity contribution < 1.29 is 19.4 Å². The van der Waals surface area contributed by atoms with Gasteiger partial charge in [-0.2, -0.15) is 0 Å². The highest BCUT2D eigenvalue weighted by atomic mass is 16.6. The first-order valence-corrected chi connectivity index (χ1v) is 7.28. The first kappa shape index (κ1) is 17.9. The van der Waals surface area contributed by atoms with Crippen molar-refractivity contribution in [3.05, 3.63) is 30.1 Å². The minimum Gasteiger partial charge on any atom is -0.481 e. The highest BCUT2D eigenvalue weighted by Gasteiger charge is 2.37. The lowest BCUT2D eigenvalue weighted by Crippen LogP contribution is -2.45. The van der Waals surface area contributed by atoms with E-state index in [4.69, 9.17) is 4.74 Å². The highest BCUT2D eigenvalue weighted by molar-refractivity contribution is 5.77. The third-order valence-corrected chi connectivity index (χ3v) is 3.37. The summed E-state index contributed by atoms with van der Waals surface area (Å²) in [5.74, 6) is -0.949. The fraction of sp³-hybridized carbons (Fsp3) is 0.562. The van der Waals surface area contributed by atoms with Crippen LogP contribution in [0.15, 0.2) is 24.5 Å².